The van der Waals surface area contributed by atoms with Gasteiger partial charge in [-0.25, -0.2) is 0 Å². The van der Waals surface area contributed by atoms with Crippen LogP contribution in [-0.2, 0) is 5.41 Å². The lowest BCUT2D eigenvalue weighted by Crippen LogP contribution is -2.16. The molecule has 9 aromatic carbocycles. The van der Waals surface area contributed by atoms with Crippen LogP contribution >= 0.6 is 0 Å². The van der Waals surface area contributed by atoms with Gasteiger partial charge in [0.25, 0.3) is 0 Å². The van der Waals surface area contributed by atoms with E-state index in [0.717, 1.165) is 39.0 Å². The number of hydrogen-bond donors (Lipinski definition) is 0. The van der Waals surface area contributed by atoms with Crippen molar-refractivity contribution in [3.8, 4) is 44.5 Å². The predicted molar refractivity (Wildman–Crippen MR) is 240 cm³/mol. The molecular formula is C55H39NO. The van der Waals surface area contributed by atoms with Gasteiger partial charge in [0.05, 0.1) is 5.69 Å². The number of nitrogens with zero attached hydrogens (tertiary/aromatic N) is 1. The highest BCUT2D eigenvalue weighted by Gasteiger charge is 2.36. The molecule has 1 aliphatic carbocycles. The summed E-state index contributed by atoms with van der Waals surface area (Å²) in [5.41, 5.74) is 17.4. The van der Waals surface area contributed by atoms with Crippen molar-refractivity contribution < 1.29 is 4.42 Å². The molecule has 1 aromatic heterocycles. The molecule has 0 fully saturated rings. The topological polar surface area (TPSA) is 16.4 Å². The SMILES string of the molecule is CC1(C)c2ccccc2-c2ccc(N(c3ccc(-c4ccc(-c5ccc(-c6ccccc6)cc5)cc4)cc3)c3cccc4c3oc3ccc5ccccc5c34)cc21. The van der Waals surface area contributed by atoms with Crippen LogP contribution in [0.3, 0.4) is 0 Å². The minimum Gasteiger partial charge on any atom is -0.454 e. The number of furan rings is 1. The van der Waals surface area contributed by atoms with Gasteiger partial charge < -0.3 is 9.32 Å². The largest absolute Gasteiger partial charge is 0.454 e. The van der Waals surface area contributed by atoms with Gasteiger partial charge in [0.15, 0.2) is 5.58 Å². The van der Waals surface area contributed by atoms with Gasteiger partial charge in [-0.2, -0.15) is 0 Å². The summed E-state index contributed by atoms with van der Waals surface area (Å²) in [5, 5.41) is 4.68. The quantitative estimate of drug-likeness (QED) is 0.169. The molecule has 1 heterocycles. The van der Waals surface area contributed by atoms with Gasteiger partial charge >= 0.3 is 0 Å². The summed E-state index contributed by atoms with van der Waals surface area (Å²) in [5.74, 6) is 0. The molecule has 0 saturated heterocycles. The van der Waals surface area contributed by atoms with E-state index in [-0.39, 0.29) is 5.41 Å². The second kappa shape index (κ2) is 13.0. The predicted octanol–water partition coefficient (Wildman–Crippen LogP) is 15.5. The first-order valence-electron chi connectivity index (χ1n) is 19.8. The van der Waals surface area contributed by atoms with Crippen LogP contribution in [0.2, 0.25) is 0 Å². The number of hydrogen-bond acceptors (Lipinski definition) is 2. The first kappa shape index (κ1) is 33.2. The lowest BCUT2D eigenvalue weighted by atomic mass is 9.82. The van der Waals surface area contributed by atoms with Gasteiger partial charge in [0.1, 0.15) is 5.58 Å². The number of rotatable bonds is 6. The second-order valence-corrected chi connectivity index (χ2v) is 15.7. The summed E-state index contributed by atoms with van der Waals surface area (Å²) in [4.78, 5) is 2.37. The van der Waals surface area contributed by atoms with E-state index < -0.39 is 0 Å². The third-order valence-corrected chi connectivity index (χ3v) is 12.1. The van der Waals surface area contributed by atoms with E-state index in [1.165, 1.54) is 66.4 Å². The molecule has 11 rings (SSSR count). The zero-order valence-electron chi connectivity index (χ0n) is 31.9. The van der Waals surface area contributed by atoms with Gasteiger partial charge in [-0.15, -0.1) is 0 Å². The minimum atomic E-state index is -0.127. The van der Waals surface area contributed by atoms with Gasteiger partial charge in [-0.05, 0) is 103 Å². The molecule has 2 heteroatoms. The van der Waals surface area contributed by atoms with E-state index in [1.54, 1.807) is 0 Å². The van der Waals surface area contributed by atoms with Crippen LogP contribution in [0.1, 0.15) is 25.0 Å². The summed E-state index contributed by atoms with van der Waals surface area (Å²) in [7, 11) is 0. The van der Waals surface area contributed by atoms with Crippen molar-refractivity contribution in [3.63, 3.8) is 0 Å². The lowest BCUT2D eigenvalue weighted by molar-refractivity contribution is 0.660. The van der Waals surface area contributed by atoms with Crippen molar-refractivity contribution in [2.45, 2.75) is 19.3 Å². The maximum atomic E-state index is 6.83. The molecule has 0 amide bonds. The molecule has 10 aromatic rings. The van der Waals surface area contributed by atoms with E-state index in [9.17, 15) is 0 Å². The molecule has 0 unspecified atom stereocenters. The number of benzene rings is 9. The van der Waals surface area contributed by atoms with Crippen molar-refractivity contribution in [1.82, 2.24) is 0 Å². The van der Waals surface area contributed by atoms with Crippen molar-refractivity contribution in [3.05, 3.63) is 211 Å². The zero-order valence-corrected chi connectivity index (χ0v) is 31.9. The van der Waals surface area contributed by atoms with Crippen molar-refractivity contribution >= 4 is 49.8 Å². The number of fused-ring (bicyclic) bond motifs is 8. The van der Waals surface area contributed by atoms with Crippen LogP contribution < -0.4 is 4.90 Å². The molecular weight excluding hydrogens is 691 g/mol. The lowest BCUT2D eigenvalue weighted by Gasteiger charge is -2.28. The monoisotopic (exact) mass is 729 g/mol. The molecule has 0 radical (unpaired) electrons. The summed E-state index contributed by atoms with van der Waals surface area (Å²) >= 11 is 0. The minimum absolute atomic E-state index is 0.127. The molecule has 0 atom stereocenters. The average molecular weight is 730 g/mol. The van der Waals surface area contributed by atoms with Crippen LogP contribution in [0, 0.1) is 0 Å². The van der Waals surface area contributed by atoms with Crippen LogP contribution in [-0.4, -0.2) is 0 Å². The second-order valence-electron chi connectivity index (χ2n) is 15.7. The molecule has 57 heavy (non-hydrogen) atoms. The van der Waals surface area contributed by atoms with Gasteiger partial charge in [-0.3, -0.25) is 0 Å². The first-order chi connectivity index (χ1) is 28.0. The zero-order chi connectivity index (χ0) is 38.1. The van der Waals surface area contributed by atoms with Crippen molar-refractivity contribution in [1.29, 1.82) is 0 Å². The van der Waals surface area contributed by atoms with Crippen LogP contribution in [0.4, 0.5) is 17.1 Å². The van der Waals surface area contributed by atoms with Crippen molar-refractivity contribution in [2.24, 2.45) is 0 Å². The molecule has 1 aliphatic rings. The summed E-state index contributed by atoms with van der Waals surface area (Å²) < 4.78 is 6.83. The standard InChI is InChI=1S/C55H39NO/c1-55(2)49-17-9-8-15-46(49)47-33-32-44(35-50(47)55)56(51-18-10-16-48-53-45-14-7-6-13-42(45)29-34-52(53)57-54(48)51)43-30-27-41(28-31-43)40-25-23-39(24-26-40)38-21-19-37(20-22-38)36-11-4-3-5-12-36/h3-35H,1-2H3. The van der Waals surface area contributed by atoms with E-state index in [4.69, 9.17) is 4.42 Å². The van der Waals surface area contributed by atoms with Crippen LogP contribution in [0.5, 0.6) is 0 Å². The van der Waals surface area contributed by atoms with Crippen LogP contribution in [0.15, 0.2) is 205 Å². The summed E-state index contributed by atoms with van der Waals surface area (Å²) in [6, 6.07) is 72.5. The fourth-order valence-electron chi connectivity index (χ4n) is 9.13. The summed E-state index contributed by atoms with van der Waals surface area (Å²) in [6.07, 6.45) is 0. The Labute approximate surface area is 332 Å². The number of para-hydroxylation sites is 1. The van der Waals surface area contributed by atoms with E-state index in [0.29, 0.717) is 0 Å². The third-order valence-electron chi connectivity index (χ3n) is 12.1. The normalized spacial score (nSPS) is 12.9. The van der Waals surface area contributed by atoms with Gasteiger partial charge in [-0.1, -0.05) is 178 Å². The van der Waals surface area contributed by atoms with Crippen molar-refractivity contribution in [2.75, 3.05) is 4.90 Å². The van der Waals surface area contributed by atoms with E-state index in [1.807, 2.05) is 0 Å². The Hall–Kier alpha value is -7.16. The Bertz CT molecular complexity index is 3120. The van der Waals surface area contributed by atoms with Gasteiger partial charge in [0.2, 0.25) is 0 Å². The van der Waals surface area contributed by atoms with E-state index in [2.05, 4.69) is 219 Å². The molecule has 0 saturated carbocycles. The molecule has 270 valence electrons. The Morgan fingerprint density at radius 3 is 1.65 bits per heavy atom. The third kappa shape index (κ3) is 5.40. The Morgan fingerprint density at radius 1 is 0.404 bits per heavy atom. The molecule has 2 nitrogen and oxygen atoms in total. The highest BCUT2D eigenvalue weighted by atomic mass is 16.3. The van der Waals surface area contributed by atoms with Crippen LogP contribution in [0.25, 0.3) is 77.2 Å². The molecule has 0 aliphatic heterocycles. The van der Waals surface area contributed by atoms with E-state index >= 15 is 0 Å². The fraction of sp³-hybridized carbons (Fsp3) is 0.0545. The molecule has 0 spiro atoms. The number of anilines is 3. The summed E-state index contributed by atoms with van der Waals surface area (Å²) in [6.45, 7) is 4.69. The highest BCUT2D eigenvalue weighted by Crippen LogP contribution is 2.51. The Kier molecular flexibility index (Phi) is 7.55. The highest BCUT2D eigenvalue weighted by molar-refractivity contribution is 6.21. The Balaban J connectivity index is 1.000. The molecule has 0 bridgehead atoms. The smallest absolute Gasteiger partial charge is 0.159 e. The Morgan fingerprint density at radius 2 is 0.947 bits per heavy atom. The maximum absolute atomic E-state index is 6.83. The first-order valence-corrected chi connectivity index (χ1v) is 19.8. The fourth-order valence-corrected chi connectivity index (χ4v) is 9.13. The molecule has 0 N–H and O–H groups in total. The van der Waals surface area contributed by atoms with Gasteiger partial charge in [0, 0.05) is 27.6 Å². The maximum Gasteiger partial charge on any atom is 0.159 e. The average Bonchev–Trinajstić information content (AvgIpc) is 3.77.